The zero-order chi connectivity index (χ0) is 13.7. The molecule has 0 unspecified atom stereocenters. The van der Waals surface area contributed by atoms with Gasteiger partial charge >= 0.3 is 0 Å². The van der Waals surface area contributed by atoms with Gasteiger partial charge in [0.25, 0.3) is 5.69 Å². The average molecular weight is 273 g/mol. The topological polar surface area (TPSA) is 77.3 Å². The fourth-order valence-corrected chi connectivity index (χ4v) is 3.23. The van der Waals surface area contributed by atoms with E-state index in [2.05, 4.69) is 0 Å². The minimum Gasteiger partial charge on any atom is -0.288 e. The van der Waals surface area contributed by atoms with Gasteiger partial charge in [0.05, 0.1) is 15.2 Å². The molecule has 3 rings (SSSR count). The van der Waals surface area contributed by atoms with Gasteiger partial charge in [-0.25, -0.2) is 0 Å². The van der Waals surface area contributed by atoms with Gasteiger partial charge in [-0.2, -0.15) is 0 Å². The number of hydrogen-bond acceptors (Lipinski definition) is 5. The van der Waals surface area contributed by atoms with Gasteiger partial charge in [0.1, 0.15) is 5.56 Å². The summed E-state index contributed by atoms with van der Waals surface area (Å²) in [7, 11) is 0. The van der Waals surface area contributed by atoms with Crippen LogP contribution in [0.5, 0.6) is 0 Å². The molecule has 1 aliphatic carbocycles. The molecule has 6 heteroatoms. The molecule has 0 radical (unpaired) electrons. The maximum atomic E-state index is 12.3. The molecule has 0 saturated heterocycles. The molecular weight excluding hydrogens is 266 g/mol. The first-order valence-electron chi connectivity index (χ1n) is 5.47. The molecular formula is C13H7NO4S. The van der Waals surface area contributed by atoms with Crippen molar-refractivity contribution in [2.45, 2.75) is 6.92 Å². The van der Waals surface area contributed by atoms with E-state index in [4.69, 9.17) is 0 Å². The van der Waals surface area contributed by atoms with Crippen LogP contribution < -0.4 is 0 Å². The minimum atomic E-state index is -0.624. The van der Waals surface area contributed by atoms with Crippen molar-refractivity contribution in [3.63, 3.8) is 0 Å². The van der Waals surface area contributed by atoms with Crippen LogP contribution in [0.15, 0.2) is 23.6 Å². The number of thiophene rings is 1. The molecule has 94 valence electrons. The van der Waals surface area contributed by atoms with E-state index in [1.165, 1.54) is 11.4 Å². The normalized spacial score (nSPS) is 13.1. The summed E-state index contributed by atoms with van der Waals surface area (Å²) in [6.07, 6.45) is 0. The lowest BCUT2D eigenvalue weighted by Crippen LogP contribution is -2.20. The fraction of sp³-hybridized carbons (Fsp3) is 0.0769. The molecule has 1 aliphatic rings. The van der Waals surface area contributed by atoms with Crippen molar-refractivity contribution in [1.29, 1.82) is 0 Å². The Balaban J connectivity index is 2.35. The van der Waals surface area contributed by atoms with E-state index in [-0.39, 0.29) is 27.5 Å². The molecule has 0 amide bonds. The highest BCUT2D eigenvalue weighted by Gasteiger charge is 2.38. The number of aryl methyl sites for hydroxylation is 1. The van der Waals surface area contributed by atoms with Crippen LogP contribution >= 0.6 is 11.3 Å². The van der Waals surface area contributed by atoms with Gasteiger partial charge in [0.2, 0.25) is 11.6 Å². The summed E-state index contributed by atoms with van der Waals surface area (Å²) in [6, 6.07) is 4.95. The van der Waals surface area contributed by atoms with Crippen LogP contribution in [0.2, 0.25) is 0 Å². The van der Waals surface area contributed by atoms with E-state index in [1.807, 2.05) is 0 Å². The van der Waals surface area contributed by atoms with Crippen LogP contribution in [-0.4, -0.2) is 16.5 Å². The lowest BCUT2D eigenvalue weighted by Gasteiger charge is -2.15. The molecule has 1 aromatic carbocycles. The smallest absolute Gasteiger partial charge is 0.288 e. The number of nitro groups is 1. The van der Waals surface area contributed by atoms with Gasteiger partial charge in [-0.05, 0) is 12.5 Å². The van der Waals surface area contributed by atoms with E-state index in [0.717, 1.165) is 11.3 Å². The molecule has 1 heterocycles. The standard InChI is InChI=1S/C13H7NO4S/c1-6-3-2-4-7-9(6)12(16)13-10(11(7)15)8(5-19-13)14(17)18/h2-5H,1H3. The number of rotatable bonds is 1. The Morgan fingerprint density at radius 3 is 2.58 bits per heavy atom. The Kier molecular flexibility index (Phi) is 2.36. The Morgan fingerprint density at radius 1 is 1.16 bits per heavy atom. The fourth-order valence-electron chi connectivity index (χ4n) is 2.28. The number of carbonyl (C=O) groups excluding carboxylic acids is 2. The predicted molar refractivity (Wildman–Crippen MR) is 69.0 cm³/mol. The Morgan fingerprint density at radius 2 is 1.89 bits per heavy atom. The number of carbonyl (C=O) groups is 2. The predicted octanol–water partition coefficient (Wildman–Crippen LogP) is 2.74. The van der Waals surface area contributed by atoms with Crippen LogP contribution in [0.4, 0.5) is 5.69 Å². The van der Waals surface area contributed by atoms with E-state index in [0.29, 0.717) is 11.1 Å². The maximum Gasteiger partial charge on any atom is 0.291 e. The van der Waals surface area contributed by atoms with Crippen molar-refractivity contribution in [3.05, 3.63) is 60.8 Å². The van der Waals surface area contributed by atoms with Crippen molar-refractivity contribution >= 4 is 28.6 Å². The van der Waals surface area contributed by atoms with Gasteiger partial charge < -0.3 is 0 Å². The summed E-state index contributed by atoms with van der Waals surface area (Å²) in [4.78, 5) is 35.1. The summed E-state index contributed by atoms with van der Waals surface area (Å²) >= 11 is 0.952. The molecule has 19 heavy (non-hydrogen) atoms. The third-order valence-corrected chi connectivity index (χ3v) is 4.11. The SMILES string of the molecule is Cc1cccc2c1C(=O)c1scc([N+](=O)[O-])c1C2=O. The largest absolute Gasteiger partial charge is 0.291 e. The van der Waals surface area contributed by atoms with Crippen molar-refractivity contribution < 1.29 is 14.5 Å². The van der Waals surface area contributed by atoms with Crippen LogP contribution in [-0.2, 0) is 0 Å². The van der Waals surface area contributed by atoms with Crippen molar-refractivity contribution in [2.24, 2.45) is 0 Å². The molecule has 0 aliphatic heterocycles. The average Bonchev–Trinajstić information content (AvgIpc) is 2.81. The Bertz CT molecular complexity index is 760. The van der Waals surface area contributed by atoms with Crippen LogP contribution in [0.1, 0.15) is 36.7 Å². The summed E-state index contributed by atoms with van der Waals surface area (Å²) in [6.45, 7) is 1.75. The number of benzene rings is 1. The van der Waals surface area contributed by atoms with Crippen LogP contribution in [0.3, 0.4) is 0 Å². The second-order valence-electron chi connectivity index (χ2n) is 4.24. The molecule has 0 bridgehead atoms. The Hall–Kier alpha value is -2.34. The van der Waals surface area contributed by atoms with E-state index >= 15 is 0 Å². The summed E-state index contributed by atoms with van der Waals surface area (Å²) in [5.74, 6) is -0.748. The van der Waals surface area contributed by atoms with Gasteiger partial charge in [-0.1, -0.05) is 18.2 Å². The highest BCUT2D eigenvalue weighted by molar-refractivity contribution is 7.13. The third kappa shape index (κ3) is 1.47. The third-order valence-electron chi connectivity index (χ3n) is 3.15. The van der Waals surface area contributed by atoms with Crippen LogP contribution in [0.25, 0.3) is 0 Å². The van der Waals surface area contributed by atoms with Gasteiger partial charge in [-0.3, -0.25) is 19.7 Å². The summed E-state index contributed by atoms with van der Waals surface area (Å²) in [5.41, 5.74) is 0.955. The van der Waals surface area contributed by atoms with Crippen molar-refractivity contribution in [1.82, 2.24) is 0 Å². The van der Waals surface area contributed by atoms with E-state index < -0.39 is 10.7 Å². The minimum absolute atomic E-state index is 0.0712. The zero-order valence-corrected chi connectivity index (χ0v) is 10.6. The first kappa shape index (κ1) is 11.7. The Labute approximate surface area is 111 Å². The highest BCUT2D eigenvalue weighted by Crippen LogP contribution is 2.38. The van der Waals surface area contributed by atoms with Crippen molar-refractivity contribution in [2.75, 3.05) is 0 Å². The number of hydrogen-bond donors (Lipinski definition) is 0. The second kappa shape index (κ2) is 3.83. The molecule has 0 saturated carbocycles. The summed E-state index contributed by atoms with van der Waals surface area (Å²) < 4.78 is 0. The quantitative estimate of drug-likeness (QED) is 0.504. The molecule has 0 fully saturated rings. The van der Waals surface area contributed by atoms with Crippen molar-refractivity contribution in [3.8, 4) is 0 Å². The number of ketones is 2. The second-order valence-corrected chi connectivity index (χ2v) is 5.12. The lowest BCUT2D eigenvalue weighted by atomic mass is 9.86. The first-order chi connectivity index (χ1) is 9.02. The molecule has 5 nitrogen and oxygen atoms in total. The van der Waals surface area contributed by atoms with Crippen LogP contribution in [0, 0.1) is 17.0 Å². The molecule has 1 aromatic heterocycles. The molecule has 0 atom stereocenters. The van der Waals surface area contributed by atoms with Gasteiger partial charge in [-0.15, -0.1) is 11.3 Å². The van der Waals surface area contributed by atoms with Gasteiger partial charge in [0.15, 0.2) is 0 Å². The monoisotopic (exact) mass is 273 g/mol. The van der Waals surface area contributed by atoms with E-state index in [9.17, 15) is 19.7 Å². The molecule has 0 spiro atoms. The van der Waals surface area contributed by atoms with E-state index in [1.54, 1.807) is 19.1 Å². The highest BCUT2D eigenvalue weighted by atomic mass is 32.1. The summed E-state index contributed by atoms with van der Waals surface area (Å²) in [5, 5.41) is 12.2. The van der Waals surface area contributed by atoms with Gasteiger partial charge in [0, 0.05) is 11.1 Å². The first-order valence-corrected chi connectivity index (χ1v) is 6.35. The lowest BCUT2D eigenvalue weighted by molar-refractivity contribution is -0.384. The number of nitrogens with zero attached hydrogens (tertiary/aromatic N) is 1. The maximum absolute atomic E-state index is 12.3. The molecule has 2 aromatic rings. The zero-order valence-electron chi connectivity index (χ0n) is 9.80. The molecule has 0 N–H and O–H groups in total. The number of fused-ring (bicyclic) bond motifs is 2.